The number of carbonyl (C=O) groups is 1. The van der Waals surface area contributed by atoms with Crippen molar-refractivity contribution in [3.05, 3.63) is 35.1 Å². The number of ether oxygens (including phenoxy) is 1. The van der Waals surface area contributed by atoms with E-state index in [1.54, 1.807) is 6.92 Å². The normalized spacial score (nSPS) is 21.6. The summed E-state index contributed by atoms with van der Waals surface area (Å²) in [7, 11) is -0.454. The molecule has 1 aliphatic heterocycles. The molecule has 1 aromatic rings. The zero-order valence-electron chi connectivity index (χ0n) is 13.4. The lowest BCUT2D eigenvalue weighted by atomic mass is 10.0. The summed E-state index contributed by atoms with van der Waals surface area (Å²) >= 11 is 0. The van der Waals surface area contributed by atoms with Crippen LogP contribution in [-0.2, 0) is 14.8 Å². The highest BCUT2D eigenvalue weighted by molar-refractivity contribution is 7.89. The molecule has 1 aliphatic rings. The van der Waals surface area contributed by atoms with Gasteiger partial charge in [0.25, 0.3) is 5.91 Å². The van der Waals surface area contributed by atoms with Gasteiger partial charge in [0.05, 0.1) is 25.0 Å². The standard InChI is InChI=1S/C15H21FN2O4S/c1-10-4-5-12(16)6-13(10)15(19)17-14-8-22-7-11(14)9-23(20,21)18(2)3/h4-6,11,14H,7-9H2,1-3H3,(H,17,19). The van der Waals surface area contributed by atoms with E-state index in [0.29, 0.717) is 5.56 Å². The third-order valence-corrected chi connectivity index (χ3v) is 5.90. The molecular formula is C15H21FN2O4S. The highest BCUT2D eigenvalue weighted by Crippen LogP contribution is 2.18. The maximum atomic E-state index is 13.3. The molecule has 2 unspecified atom stereocenters. The van der Waals surface area contributed by atoms with Crippen LogP contribution in [0.5, 0.6) is 0 Å². The lowest BCUT2D eigenvalue weighted by molar-refractivity contribution is 0.0925. The van der Waals surface area contributed by atoms with Crippen LogP contribution in [0.1, 0.15) is 15.9 Å². The summed E-state index contributed by atoms with van der Waals surface area (Å²) in [6.45, 7) is 2.22. The van der Waals surface area contributed by atoms with E-state index in [9.17, 15) is 17.6 Å². The number of benzene rings is 1. The molecule has 1 aromatic carbocycles. The number of carbonyl (C=O) groups excluding carboxylic acids is 1. The van der Waals surface area contributed by atoms with Crippen LogP contribution in [0.4, 0.5) is 4.39 Å². The van der Waals surface area contributed by atoms with Crippen LogP contribution in [0.15, 0.2) is 18.2 Å². The molecule has 0 spiro atoms. The predicted molar refractivity (Wildman–Crippen MR) is 84.2 cm³/mol. The first kappa shape index (κ1) is 17.8. The Labute approximate surface area is 135 Å². The van der Waals surface area contributed by atoms with Gasteiger partial charge in [0.2, 0.25) is 10.0 Å². The Balaban J connectivity index is 2.09. The fourth-order valence-electron chi connectivity index (χ4n) is 2.43. The van der Waals surface area contributed by atoms with E-state index < -0.39 is 27.8 Å². The summed E-state index contributed by atoms with van der Waals surface area (Å²) in [5, 5.41) is 2.76. The van der Waals surface area contributed by atoms with E-state index in [4.69, 9.17) is 4.74 Å². The first-order valence-corrected chi connectivity index (χ1v) is 8.86. The van der Waals surface area contributed by atoms with Gasteiger partial charge in [-0.15, -0.1) is 0 Å². The Morgan fingerprint density at radius 1 is 1.39 bits per heavy atom. The summed E-state index contributed by atoms with van der Waals surface area (Å²) in [5.74, 6) is -1.35. The van der Waals surface area contributed by atoms with Crippen molar-refractivity contribution in [1.29, 1.82) is 0 Å². The van der Waals surface area contributed by atoms with Gasteiger partial charge >= 0.3 is 0 Å². The second-order valence-corrected chi connectivity index (χ2v) is 8.13. The van der Waals surface area contributed by atoms with Crippen LogP contribution in [0.3, 0.4) is 0 Å². The number of nitrogens with one attached hydrogen (secondary N) is 1. The van der Waals surface area contributed by atoms with Crippen LogP contribution >= 0.6 is 0 Å². The second-order valence-electron chi connectivity index (χ2n) is 5.90. The van der Waals surface area contributed by atoms with Gasteiger partial charge in [-0.2, -0.15) is 0 Å². The molecule has 2 rings (SSSR count). The van der Waals surface area contributed by atoms with Crippen LogP contribution in [-0.4, -0.2) is 57.7 Å². The number of nitrogens with zero attached hydrogens (tertiary/aromatic N) is 1. The molecule has 1 heterocycles. The van der Waals surface area contributed by atoms with Gasteiger partial charge in [-0.3, -0.25) is 4.79 Å². The number of hydrogen-bond donors (Lipinski definition) is 1. The first-order valence-electron chi connectivity index (χ1n) is 7.25. The van der Waals surface area contributed by atoms with Gasteiger partial charge in [-0.25, -0.2) is 17.1 Å². The van der Waals surface area contributed by atoms with Crippen molar-refractivity contribution >= 4 is 15.9 Å². The van der Waals surface area contributed by atoms with E-state index in [0.717, 1.165) is 4.31 Å². The number of aryl methyl sites for hydroxylation is 1. The smallest absolute Gasteiger partial charge is 0.251 e. The Morgan fingerprint density at radius 3 is 2.74 bits per heavy atom. The van der Waals surface area contributed by atoms with Crippen molar-refractivity contribution in [3.63, 3.8) is 0 Å². The predicted octanol–water partition coefficient (Wildman–Crippen LogP) is 0.770. The third-order valence-electron chi connectivity index (χ3n) is 3.94. The molecule has 8 heteroatoms. The molecule has 0 saturated carbocycles. The minimum atomic E-state index is -3.39. The average Bonchev–Trinajstić information content (AvgIpc) is 2.87. The molecule has 128 valence electrons. The fourth-order valence-corrected chi connectivity index (χ4v) is 3.59. The number of hydrogen-bond acceptors (Lipinski definition) is 4. The number of halogens is 1. The minimum absolute atomic E-state index is 0.104. The molecule has 1 saturated heterocycles. The number of amides is 1. The van der Waals surface area contributed by atoms with Gasteiger partial charge in [-0.05, 0) is 24.6 Å². The van der Waals surface area contributed by atoms with E-state index >= 15 is 0 Å². The molecule has 2 atom stereocenters. The molecule has 0 aliphatic carbocycles. The molecule has 0 radical (unpaired) electrons. The van der Waals surface area contributed by atoms with Gasteiger partial charge in [0.1, 0.15) is 5.82 Å². The molecule has 23 heavy (non-hydrogen) atoms. The van der Waals surface area contributed by atoms with E-state index in [1.165, 1.54) is 32.3 Å². The zero-order chi connectivity index (χ0) is 17.2. The molecule has 1 fully saturated rings. The highest BCUT2D eigenvalue weighted by atomic mass is 32.2. The maximum Gasteiger partial charge on any atom is 0.251 e. The van der Waals surface area contributed by atoms with Gasteiger partial charge in [0, 0.05) is 25.6 Å². The molecule has 0 bridgehead atoms. The molecular weight excluding hydrogens is 323 g/mol. The molecule has 0 aromatic heterocycles. The maximum absolute atomic E-state index is 13.3. The molecule has 1 amide bonds. The van der Waals surface area contributed by atoms with Crippen molar-refractivity contribution in [2.75, 3.05) is 33.1 Å². The second kappa shape index (κ2) is 6.94. The highest BCUT2D eigenvalue weighted by Gasteiger charge is 2.34. The van der Waals surface area contributed by atoms with Crippen molar-refractivity contribution in [2.45, 2.75) is 13.0 Å². The minimum Gasteiger partial charge on any atom is -0.379 e. The van der Waals surface area contributed by atoms with Crippen LogP contribution < -0.4 is 5.32 Å². The Morgan fingerprint density at radius 2 is 2.09 bits per heavy atom. The Bertz CT molecular complexity index is 691. The summed E-state index contributed by atoms with van der Waals surface area (Å²) in [6, 6.07) is 3.58. The monoisotopic (exact) mass is 344 g/mol. The third kappa shape index (κ3) is 4.27. The van der Waals surface area contributed by atoms with Crippen LogP contribution in [0.2, 0.25) is 0 Å². The van der Waals surface area contributed by atoms with Crippen LogP contribution in [0.25, 0.3) is 0 Å². The van der Waals surface area contributed by atoms with Gasteiger partial charge in [0.15, 0.2) is 0 Å². The Kier molecular flexibility index (Phi) is 5.38. The lowest BCUT2D eigenvalue weighted by Crippen LogP contribution is -2.43. The van der Waals surface area contributed by atoms with Gasteiger partial charge in [-0.1, -0.05) is 6.07 Å². The number of rotatable bonds is 5. The fraction of sp³-hybridized carbons (Fsp3) is 0.533. The van der Waals surface area contributed by atoms with E-state index in [1.807, 2.05) is 0 Å². The average molecular weight is 344 g/mol. The number of sulfonamides is 1. The van der Waals surface area contributed by atoms with E-state index in [2.05, 4.69) is 5.32 Å². The largest absolute Gasteiger partial charge is 0.379 e. The summed E-state index contributed by atoms with van der Waals surface area (Å²) < 4.78 is 43.8. The lowest BCUT2D eigenvalue weighted by Gasteiger charge is -2.21. The SMILES string of the molecule is Cc1ccc(F)cc1C(=O)NC1COCC1CS(=O)(=O)N(C)C. The summed E-state index contributed by atoms with van der Waals surface area (Å²) in [4.78, 5) is 12.3. The summed E-state index contributed by atoms with van der Waals surface area (Å²) in [5.41, 5.74) is 0.895. The first-order chi connectivity index (χ1) is 10.7. The van der Waals surface area contributed by atoms with Gasteiger partial charge < -0.3 is 10.1 Å². The zero-order valence-corrected chi connectivity index (χ0v) is 14.2. The van der Waals surface area contributed by atoms with Crippen molar-refractivity contribution in [3.8, 4) is 0 Å². The van der Waals surface area contributed by atoms with Crippen molar-refractivity contribution in [1.82, 2.24) is 9.62 Å². The van der Waals surface area contributed by atoms with Crippen molar-refractivity contribution in [2.24, 2.45) is 5.92 Å². The quantitative estimate of drug-likeness (QED) is 0.856. The topological polar surface area (TPSA) is 75.7 Å². The van der Waals surface area contributed by atoms with Crippen LogP contribution in [0, 0.1) is 18.7 Å². The van der Waals surface area contributed by atoms with E-state index in [-0.39, 0.29) is 30.4 Å². The van der Waals surface area contributed by atoms with Crippen molar-refractivity contribution < 1.29 is 22.3 Å². The Hall–Kier alpha value is -1.51. The molecule has 6 nitrogen and oxygen atoms in total. The molecule has 1 N–H and O–H groups in total. The summed E-state index contributed by atoms with van der Waals surface area (Å²) in [6.07, 6.45) is 0.